The van der Waals surface area contributed by atoms with Crippen LogP contribution in [0.15, 0.2) is 0 Å². The number of rotatable bonds is 7. The molecule has 0 amide bonds. The Morgan fingerprint density at radius 3 is 2.64 bits per heavy atom. The molecule has 82 valence electrons. The lowest BCUT2D eigenvalue weighted by molar-refractivity contribution is 0.459. The van der Waals surface area contributed by atoms with E-state index in [1.807, 2.05) is 0 Å². The quantitative estimate of drug-likeness (QED) is 0.511. The fourth-order valence-electron chi connectivity index (χ4n) is 2.49. The van der Waals surface area contributed by atoms with Crippen LogP contribution in [0.1, 0.15) is 64.7 Å². The van der Waals surface area contributed by atoms with Crippen molar-refractivity contribution in [1.29, 1.82) is 0 Å². The third kappa shape index (κ3) is 4.48. The van der Waals surface area contributed by atoms with Crippen LogP contribution in [0.5, 0.6) is 0 Å². The Hall–Kier alpha value is 0. The van der Waals surface area contributed by atoms with Gasteiger partial charge in [0, 0.05) is 0 Å². The van der Waals surface area contributed by atoms with E-state index in [9.17, 15) is 0 Å². The highest BCUT2D eigenvalue weighted by Gasteiger charge is 2.22. The van der Waals surface area contributed by atoms with Crippen LogP contribution in [0.2, 0.25) is 0 Å². The van der Waals surface area contributed by atoms with Gasteiger partial charge in [-0.25, -0.2) is 0 Å². The van der Waals surface area contributed by atoms with Gasteiger partial charge in [0.2, 0.25) is 0 Å². The molecule has 0 aromatic carbocycles. The van der Waals surface area contributed by atoms with Crippen LogP contribution < -0.4 is 0 Å². The van der Waals surface area contributed by atoms with Gasteiger partial charge in [-0.2, -0.15) is 0 Å². The molecule has 1 aliphatic rings. The van der Waals surface area contributed by atoms with Gasteiger partial charge in [-0.1, -0.05) is 58.8 Å². The Kier molecular flexibility index (Phi) is 6.31. The van der Waals surface area contributed by atoms with E-state index in [1.165, 1.54) is 51.4 Å². The van der Waals surface area contributed by atoms with Gasteiger partial charge in [-0.05, 0) is 31.1 Å². The fourth-order valence-corrected chi connectivity index (χ4v) is 2.49. The van der Waals surface area contributed by atoms with Crippen molar-refractivity contribution in [3.05, 3.63) is 13.3 Å². The average molecular weight is 194 g/mol. The molecule has 1 saturated carbocycles. The summed E-state index contributed by atoms with van der Waals surface area (Å²) >= 11 is 0. The van der Waals surface area contributed by atoms with Gasteiger partial charge in [0.25, 0.3) is 0 Å². The van der Waals surface area contributed by atoms with Crippen molar-refractivity contribution in [2.24, 2.45) is 11.8 Å². The molecule has 0 N–H and O–H groups in total. The lowest BCUT2D eigenvalue weighted by Gasteiger charge is -2.09. The van der Waals surface area contributed by atoms with E-state index in [1.54, 1.807) is 0 Å². The molecule has 0 saturated heterocycles. The molecule has 2 unspecified atom stereocenters. The van der Waals surface area contributed by atoms with Gasteiger partial charge in [0.1, 0.15) is 0 Å². The first-order valence-electron chi connectivity index (χ1n) is 6.49. The summed E-state index contributed by atoms with van der Waals surface area (Å²) in [5, 5.41) is 0. The Morgan fingerprint density at radius 1 is 1.21 bits per heavy atom. The van der Waals surface area contributed by atoms with Crippen molar-refractivity contribution in [2.45, 2.75) is 64.7 Å². The molecular weight excluding hydrogens is 168 g/mol. The molecule has 0 heterocycles. The zero-order chi connectivity index (χ0) is 10.2. The van der Waals surface area contributed by atoms with E-state index in [0.29, 0.717) is 0 Å². The third-order valence-electron chi connectivity index (χ3n) is 3.53. The van der Waals surface area contributed by atoms with Crippen molar-refractivity contribution < 1.29 is 0 Å². The van der Waals surface area contributed by atoms with Crippen molar-refractivity contribution >= 4 is 0 Å². The van der Waals surface area contributed by atoms with Crippen LogP contribution in [0.3, 0.4) is 0 Å². The van der Waals surface area contributed by atoms with Crippen LogP contribution >= 0.6 is 0 Å². The highest BCUT2D eigenvalue weighted by atomic mass is 14.3. The third-order valence-corrected chi connectivity index (χ3v) is 3.53. The number of hydrogen-bond acceptors (Lipinski definition) is 0. The predicted octanol–water partition coefficient (Wildman–Crippen LogP) is 4.80. The number of unbranched alkanes of at least 4 members (excludes halogenated alkanes) is 4. The van der Waals surface area contributed by atoms with Crippen molar-refractivity contribution in [3.63, 3.8) is 0 Å². The molecule has 0 aliphatic heterocycles. The molecule has 2 radical (unpaired) electrons. The minimum Gasteiger partial charge on any atom is -0.0654 e. The molecular formula is C14H26. The minimum atomic E-state index is 0.913. The summed E-state index contributed by atoms with van der Waals surface area (Å²) in [5.74, 6) is 1.85. The molecule has 0 aromatic heterocycles. The molecule has 0 bridgehead atoms. The molecule has 0 aromatic rings. The normalized spacial score (nSPS) is 27.0. The Morgan fingerprint density at radius 2 is 2.00 bits per heavy atom. The van der Waals surface area contributed by atoms with Crippen LogP contribution in [0.25, 0.3) is 0 Å². The maximum absolute atomic E-state index is 4.00. The Labute approximate surface area is 90.5 Å². The van der Waals surface area contributed by atoms with Crippen LogP contribution in [-0.2, 0) is 0 Å². The van der Waals surface area contributed by atoms with Crippen molar-refractivity contribution in [3.8, 4) is 0 Å². The minimum absolute atomic E-state index is 0.913. The standard InChI is InChI=1S/C14H26/c1-3-5-6-7-8-9-14-11-10-13(4-2)12-14/h11,13-14H,2-10,12H2,1H3. The molecule has 14 heavy (non-hydrogen) atoms. The Bertz CT molecular complexity index is 128. The second-order valence-electron chi connectivity index (χ2n) is 4.82. The van der Waals surface area contributed by atoms with Crippen LogP contribution in [0.4, 0.5) is 0 Å². The summed E-state index contributed by atoms with van der Waals surface area (Å²) in [5.41, 5.74) is 0. The lowest BCUT2D eigenvalue weighted by Crippen LogP contribution is -1.96. The summed E-state index contributed by atoms with van der Waals surface area (Å²) in [6.07, 6.45) is 15.0. The van der Waals surface area contributed by atoms with E-state index < -0.39 is 0 Å². The first-order chi connectivity index (χ1) is 6.86. The molecule has 0 heteroatoms. The maximum Gasteiger partial charge on any atom is -0.0352 e. The predicted molar refractivity (Wildman–Crippen MR) is 63.9 cm³/mol. The monoisotopic (exact) mass is 194 g/mol. The molecule has 0 spiro atoms. The van der Waals surface area contributed by atoms with E-state index in [2.05, 4.69) is 20.3 Å². The van der Waals surface area contributed by atoms with Gasteiger partial charge in [0.15, 0.2) is 0 Å². The highest BCUT2D eigenvalue weighted by molar-refractivity contribution is 4.89. The topological polar surface area (TPSA) is 0 Å². The van der Waals surface area contributed by atoms with Gasteiger partial charge in [-0.3, -0.25) is 0 Å². The summed E-state index contributed by atoms with van der Waals surface area (Å²) in [6.45, 7) is 6.28. The lowest BCUT2D eigenvalue weighted by atomic mass is 9.97. The fraction of sp³-hybridized carbons (Fsp3) is 0.857. The second kappa shape index (κ2) is 7.31. The number of hydrogen-bond donors (Lipinski definition) is 0. The molecule has 0 nitrogen and oxygen atoms in total. The van der Waals surface area contributed by atoms with E-state index in [-0.39, 0.29) is 0 Å². The van der Waals surface area contributed by atoms with Gasteiger partial charge in [0.05, 0.1) is 0 Å². The SMILES string of the molecule is [CH2]CC1C[CH]C(CCCCCCC)C1. The van der Waals surface area contributed by atoms with Gasteiger partial charge < -0.3 is 0 Å². The van der Waals surface area contributed by atoms with E-state index >= 15 is 0 Å². The second-order valence-corrected chi connectivity index (χ2v) is 4.82. The van der Waals surface area contributed by atoms with Crippen molar-refractivity contribution in [1.82, 2.24) is 0 Å². The van der Waals surface area contributed by atoms with E-state index in [0.717, 1.165) is 18.3 Å². The first kappa shape index (κ1) is 12.1. The smallest absolute Gasteiger partial charge is 0.0352 e. The largest absolute Gasteiger partial charge is 0.0654 e. The zero-order valence-corrected chi connectivity index (χ0v) is 9.80. The molecule has 2 atom stereocenters. The molecule has 1 rings (SSSR count). The summed E-state index contributed by atoms with van der Waals surface area (Å²) in [7, 11) is 0. The Balaban J connectivity index is 1.92. The van der Waals surface area contributed by atoms with Gasteiger partial charge in [-0.15, -0.1) is 0 Å². The van der Waals surface area contributed by atoms with E-state index in [4.69, 9.17) is 0 Å². The first-order valence-corrected chi connectivity index (χ1v) is 6.49. The molecule has 1 fully saturated rings. The van der Waals surface area contributed by atoms with Crippen LogP contribution in [-0.4, -0.2) is 0 Å². The van der Waals surface area contributed by atoms with Gasteiger partial charge >= 0.3 is 0 Å². The molecule has 1 aliphatic carbocycles. The zero-order valence-electron chi connectivity index (χ0n) is 9.80. The van der Waals surface area contributed by atoms with Crippen LogP contribution in [0, 0.1) is 25.2 Å². The van der Waals surface area contributed by atoms with Crippen molar-refractivity contribution in [2.75, 3.05) is 0 Å². The summed E-state index contributed by atoms with van der Waals surface area (Å²) < 4.78 is 0. The highest BCUT2D eigenvalue weighted by Crippen LogP contribution is 2.34. The summed E-state index contributed by atoms with van der Waals surface area (Å²) in [6, 6.07) is 0. The average Bonchev–Trinajstić information content (AvgIpc) is 2.65. The summed E-state index contributed by atoms with van der Waals surface area (Å²) in [4.78, 5) is 0. The maximum atomic E-state index is 4.00.